The molecule has 0 radical (unpaired) electrons. The standard InChI is InChI=1S/C25H35N4O12P/c1-3-13(2)21(25(36)37)29-23(34)16-8-10-19(30)26-18(12-14-4-6-15(7-5-14)41-42(38,39)40)24(35)28-17(22(33)27-16)9-11-20(31)32/h4-7,13,16-18,21H,3,8-12H2,1-2H3,(H,26,30)(H,27,33)(H,28,35)(H,29,34)(H,31,32)(H,36,37)(H2,38,39,40)/t13-,16-,17-,18-,21-/m0/s1. The molecule has 17 heteroatoms. The molecule has 1 aliphatic rings. The number of aliphatic carboxylic acids is 2. The van der Waals surface area contributed by atoms with E-state index in [9.17, 15) is 38.4 Å². The molecule has 232 valence electrons. The maximum Gasteiger partial charge on any atom is 0.524 e. The topological polar surface area (TPSA) is 258 Å². The monoisotopic (exact) mass is 614 g/mol. The summed E-state index contributed by atoms with van der Waals surface area (Å²) >= 11 is 0. The van der Waals surface area contributed by atoms with E-state index in [4.69, 9.17) is 14.9 Å². The number of nitrogens with one attached hydrogen (secondary N) is 4. The second kappa shape index (κ2) is 15.3. The van der Waals surface area contributed by atoms with Crippen LogP contribution in [-0.2, 0) is 39.8 Å². The van der Waals surface area contributed by atoms with Gasteiger partial charge in [-0.3, -0.25) is 33.8 Å². The van der Waals surface area contributed by atoms with Crippen molar-refractivity contribution >= 4 is 43.4 Å². The van der Waals surface area contributed by atoms with Crippen LogP contribution in [0.25, 0.3) is 0 Å². The molecule has 0 bridgehead atoms. The van der Waals surface area contributed by atoms with Crippen LogP contribution in [0, 0.1) is 5.92 Å². The van der Waals surface area contributed by atoms with Crippen LogP contribution in [0.3, 0.4) is 0 Å². The van der Waals surface area contributed by atoms with Crippen LogP contribution >= 0.6 is 7.82 Å². The van der Waals surface area contributed by atoms with Crippen LogP contribution in [0.5, 0.6) is 5.75 Å². The molecule has 4 amide bonds. The Hall–Kier alpha value is -4.01. The summed E-state index contributed by atoms with van der Waals surface area (Å²) in [4.78, 5) is 92.9. The van der Waals surface area contributed by atoms with E-state index in [-0.39, 0.29) is 31.4 Å². The third kappa shape index (κ3) is 11.1. The molecule has 0 aromatic heterocycles. The van der Waals surface area contributed by atoms with Gasteiger partial charge in [0.05, 0.1) is 0 Å². The zero-order valence-electron chi connectivity index (χ0n) is 22.9. The number of benzene rings is 1. The number of phosphoric ester groups is 1. The summed E-state index contributed by atoms with van der Waals surface area (Å²) in [5, 5.41) is 28.4. The first-order valence-corrected chi connectivity index (χ1v) is 14.6. The van der Waals surface area contributed by atoms with Gasteiger partial charge in [0.2, 0.25) is 23.6 Å². The first-order chi connectivity index (χ1) is 19.6. The minimum atomic E-state index is -4.80. The average molecular weight is 615 g/mol. The minimum Gasteiger partial charge on any atom is -0.481 e. The number of hydrogen-bond donors (Lipinski definition) is 8. The van der Waals surface area contributed by atoms with Crippen LogP contribution in [0.2, 0.25) is 0 Å². The molecular formula is C25H35N4O12P. The van der Waals surface area contributed by atoms with Gasteiger partial charge >= 0.3 is 19.8 Å². The molecule has 0 spiro atoms. The third-order valence-corrected chi connectivity index (χ3v) is 7.04. The van der Waals surface area contributed by atoms with Crippen molar-refractivity contribution in [3.63, 3.8) is 0 Å². The van der Waals surface area contributed by atoms with Gasteiger partial charge in [-0.1, -0.05) is 32.4 Å². The molecular weight excluding hydrogens is 579 g/mol. The average Bonchev–Trinajstić information content (AvgIpc) is 2.91. The van der Waals surface area contributed by atoms with Crippen molar-refractivity contribution in [3.8, 4) is 5.75 Å². The molecule has 1 aromatic rings. The molecule has 1 aromatic carbocycles. The molecule has 1 fully saturated rings. The zero-order valence-corrected chi connectivity index (χ0v) is 23.8. The van der Waals surface area contributed by atoms with E-state index in [2.05, 4.69) is 25.8 Å². The molecule has 8 N–H and O–H groups in total. The van der Waals surface area contributed by atoms with Gasteiger partial charge < -0.3 is 36.0 Å². The number of carboxylic acid groups (broad SMARTS) is 2. The first kappa shape index (κ1) is 34.2. The Labute approximate surface area is 240 Å². The normalized spacial score (nSPS) is 21.4. The molecule has 2 rings (SSSR count). The molecule has 1 heterocycles. The molecule has 16 nitrogen and oxygen atoms in total. The van der Waals surface area contributed by atoms with Crippen molar-refractivity contribution in [1.29, 1.82) is 0 Å². The quantitative estimate of drug-likeness (QED) is 0.138. The molecule has 0 saturated carbocycles. The summed E-state index contributed by atoms with van der Waals surface area (Å²) in [6, 6.07) is 0.00338. The lowest BCUT2D eigenvalue weighted by atomic mass is 9.98. The van der Waals surface area contributed by atoms with E-state index < -0.39 is 79.9 Å². The van der Waals surface area contributed by atoms with Gasteiger partial charge in [0, 0.05) is 19.3 Å². The maximum atomic E-state index is 13.2. The Kier molecular flexibility index (Phi) is 12.4. The fourth-order valence-electron chi connectivity index (χ4n) is 4.10. The summed E-state index contributed by atoms with van der Waals surface area (Å²) in [6.07, 6.45) is -1.14. The second-order valence-electron chi connectivity index (χ2n) is 9.85. The van der Waals surface area contributed by atoms with Crippen molar-refractivity contribution in [1.82, 2.24) is 21.3 Å². The van der Waals surface area contributed by atoms with Crippen molar-refractivity contribution < 1.29 is 57.9 Å². The lowest BCUT2D eigenvalue weighted by molar-refractivity contribution is -0.144. The Bertz CT molecular complexity index is 1220. The molecule has 1 saturated heterocycles. The highest BCUT2D eigenvalue weighted by atomic mass is 31.2. The fraction of sp³-hybridized carbons (Fsp3) is 0.520. The Morgan fingerprint density at radius 1 is 1.02 bits per heavy atom. The first-order valence-electron chi connectivity index (χ1n) is 13.1. The molecule has 1 aliphatic heterocycles. The van der Waals surface area contributed by atoms with Gasteiger partial charge in [0.1, 0.15) is 29.9 Å². The third-order valence-electron chi connectivity index (χ3n) is 6.59. The van der Waals surface area contributed by atoms with Crippen molar-refractivity contribution in [2.24, 2.45) is 5.92 Å². The fourth-order valence-corrected chi connectivity index (χ4v) is 4.49. The van der Waals surface area contributed by atoms with Gasteiger partial charge in [-0.2, -0.15) is 0 Å². The summed E-state index contributed by atoms with van der Waals surface area (Å²) in [7, 11) is -4.80. The molecule has 5 atom stereocenters. The Morgan fingerprint density at radius 3 is 2.19 bits per heavy atom. The number of hydrogen-bond acceptors (Lipinski definition) is 8. The van der Waals surface area contributed by atoms with Crippen LogP contribution in [0.1, 0.15) is 51.5 Å². The van der Waals surface area contributed by atoms with E-state index in [0.717, 1.165) is 0 Å². The van der Waals surface area contributed by atoms with Gasteiger partial charge in [-0.15, -0.1) is 0 Å². The highest BCUT2D eigenvalue weighted by Crippen LogP contribution is 2.37. The minimum absolute atomic E-state index is 0.125. The summed E-state index contributed by atoms with van der Waals surface area (Å²) < 4.78 is 15.5. The Morgan fingerprint density at radius 2 is 1.64 bits per heavy atom. The van der Waals surface area contributed by atoms with Gasteiger partial charge in [0.25, 0.3) is 0 Å². The number of rotatable bonds is 12. The maximum absolute atomic E-state index is 13.2. The smallest absolute Gasteiger partial charge is 0.481 e. The lowest BCUT2D eigenvalue weighted by Gasteiger charge is -2.25. The number of carboxylic acids is 2. The summed E-state index contributed by atoms with van der Waals surface area (Å²) in [5.41, 5.74) is 0.442. The Balaban J connectivity index is 2.31. The predicted molar refractivity (Wildman–Crippen MR) is 144 cm³/mol. The van der Waals surface area contributed by atoms with Gasteiger partial charge in [-0.25, -0.2) is 9.36 Å². The zero-order chi connectivity index (χ0) is 31.6. The van der Waals surface area contributed by atoms with E-state index in [0.29, 0.717) is 12.0 Å². The van der Waals surface area contributed by atoms with E-state index in [1.54, 1.807) is 13.8 Å². The van der Waals surface area contributed by atoms with Gasteiger partial charge in [-0.05, 0) is 36.5 Å². The summed E-state index contributed by atoms with van der Waals surface area (Å²) in [5.74, 6) is -6.37. The van der Waals surface area contributed by atoms with Crippen molar-refractivity contribution in [2.45, 2.75) is 76.5 Å². The van der Waals surface area contributed by atoms with E-state index in [1.807, 2.05) is 0 Å². The van der Waals surface area contributed by atoms with Crippen molar-refractivity contribution in [2.75, 3.05) is 0 Å². The SMILES string of the molecule is CC[C@H](C)[C@H](NC(=O)[C@@H]1CCC(=O)N[C@@H](Cc2ccc(OP(=O)(O)O)cc2)C(=O)N[C@@H](CCC(=O)O)C(=O)N1)C(=O)O. The van der Waals surface area contributed by atoms with Crippen LogP contribution in [0.15, 0.2) is 24.3 Å². The van der Waals surface area contributed by atoms with Crippen molar-refractivity contribution in [3.05, 3.63) is 29.8 Å². The van der Waals surface area contributed by atoms with Gasteiger partial charge in [0.15, 0.2) is 0 Å². The lowest BCUT2D eigenvalue weighted by Crippen LogP contribution is -2.57. The number of carbonyl (C=O) groups is 6. The highest BCUT2D eigenvalue weighted by Gasteiger charge is 2.34. The second-order valence-corrected chi connectivity index (χ2v) is 11.0. The van der Waals surface area contributed by atoms with E-state index in [1.165, 1.54) is 24.3 Å². The molecule has 0 aliphatic carbocycles. The largest absolute Gasteiger partial charge is 0.524 e. The van der Waals surface area contributed by atoms with E-state index >= 15 is 0 Å². The molecule has 42 heavy (non-hydrogen) atoms. The van der Waals surface area contributed by atoms with Crippen LogP contribution < -0.4 is 25.8 Å². The predicted octanol–water partition coefficient (Wildman–Crippen LogP) is -0.571. The highest BCUT2D eigenvalue weighted by molar-refractivity contribution is 7.46. The molecule has 0 unspecified atom stereocenters. The number of phosphoric acid groups is 1. The summed E-state index contributed by atoms with van der Waals surface area (Å²) in [6.45, 7) is 3.36. The van der Waals surface area contributed by atoms with Crippen LogP contribution in [0.4, 0.5) is 0 Å². The number of amides is 4. The van der Waals surface area contributed by atoms with Crippen LogP contribution in [-0.4, -0.2) is 79.7 Å². The number of carbonyl (C=O) groups excluding carboxylic acids is 4.